The molecule has 1 N–H and O–H groups in total. The molecule has 0 bridgehead atoms. The molecule has 0 aromatic carbocycles. The summed E-state index contributed by atoms with van der Waals surface area (Å²) in [5, 5.41) is 10.3. The molecule has 1 aliphatic carbocycles. The van der Waals surface area contributed by atoms with Crippen molar-refractivity contribution in [2.75, 3.05) is 6.61 Å². The van der Waals surface area contributed by atoms with Gasteiger partial charge in [-0.2, -0.15) is 0 Å². The van der Waals surface area contributed by atoms with Gasteiger partial charge in [0.25, 0.3) is 5.56 Å². The summed E-state index contributed by atoms with van der Waals surface area (Å²) in [6.07, 6.45) is 7.18. The van der Waals surface area contributed by atoms with Gasteiger partial charge in [0, 0.05) is 24.4 Å². The van der Waals surface area contributed by atoms with Crippen molar-refractivity contribution in [2.24, 2.45) is 5.92 Å². The van der Waals surface area contributed by atoms with E-state index in [0.717, 1.165) is 48.1 Å². The molecular formula is C16H20N2O2S. The van der Waals surface area contributed by atoms with Gasteiger partial charge in [0.05, 0.1) is 5.39 Å². The molecule has 112 valence electrons. The van der Waals surface area contributed by atoms with Crippen molar-refractivity contribution in [1.29, 1.82) is 0 Å². The van der Waals surface area contributed by atoms with E-state index >= 15 is 0 Å². The highest BCUT2D eigenvalue weighted by Gasteiger charge is 2.24. The second-order valence-electron chi connectivity index (χ2n) is 6.25. The summed E-state index contributed by atoms with van der Waals surface area (Å²) in [5.41, 5.74) is 1.44. The standard InChI is InChI=1S/C16H20N2O2S/c19-9-10-5-6-13-17-15-14(16(20)18(13)8-7-10)11-3-1-2-4-12(11)21-15/h10,19H,1-9H2. The lowest BCUT2D eigenvalue weighted by Gasteiger charge is -2.11. The molecule has 1 unspecified atom stereocenters. The van der Waals surface area contributed by atoms with Crippen LogP contribution in [-0.4, -0.2) is 21.3 Å². The van der Waals surface area contributed by atoms with Crippen molar-refractivity contribution >= 4 is 21.6 Å². The fourth-order valence-corrected chi connectivity index (χ4v) is 4.94. The highest BCUT2D eigenvalue weighted by Crippen LogP contribution is 2.34. The monoisotopic (exact) mass is 304 g/mol. The summed E-state index contributed by atoms with van der Waals surface area (Å²) in [4.78, 5) is 20.1. The molecule has 0 amide bonds. The van der Waals surface area contributed by atoms with Gasteiger partial charge in [0.1, 0.15) is 10.7 Å². The number of aryl methyl sites for hydroxylation is 3. The second kappa shape index (κ2) is 5.21. The summed E-state index contributed by atoms with van der Waals surface area (Å²) in [6, 6.07) is 0. The van der Waals surface area contributed by atoms with Crippen LogP contribution in [0.1, 0.15) is 41.9 Å². The average Bonchev–Trinajstić information content (AvgIpc) is 2.74. The van der Waals surface area contributed by atoms with Crippen LogP contribution in [0.15, 0.2) is 4.79 Å². The third kappa shape index (κ3) is 2.14. The second-order valence-corrected chi connectivity index (χ2v) is 7.34. The van der Waals surface area contributed by atoms with Crippen molar-refractivity contribution in [3.05, 3.63) is 26.6 Å². The first-order valence-corrected chi connectivity index (χ1v) is 8.74. The molecule has 21 heavy (non-hydrogen) atoms. The van der Waals surface area contributed by atoms with E-state index in [1.165, 1.54) is 23.3 Å². The molecule has 3 heterocycles. The molecule has 0 saturated carbocycles. The van der Waals surface area contributed by atoms with Gasteiger partial charge in [-0.25, -0.2) is 4.98 Å². The van der Waals surface area contributed by atoms with Gasteiger partial charge >= 0.3 is 0 Å². The molecule has 0 saturated heterocycles. The predicted octanol–water partition coefficient (Wildman–Crippen LogP) is 2.28. The maximum absolute atomic E-state index is 12.9. The predicted molar refractivity (Wildman–Crippen MR) is 84.0 cm³/mol. The lowest BCUT2D eigenvalue weighted by Crippen LogP contribution is -2.25. The van der Waals surface area contributed by atoms with Crippen LogP contribution in [0.2, 0.25) is 0 Å². The van der Waals surface area contributed by atoms with Crippen molar-refractivity contribution < 1.29 is 5.11 Å². The number of hydrogen-bond acceptors (Lipinski definition) is 4. The quantitative estimate of drug-likeness (QED) is 0.879. The smallest absolute Gasteiger partial charge is 0.262 e. The van der Waals surface area contributed by atoms with Gasteiger partial charge in [-0.15, -0.1) is 11.3 Å². The van der Waals surface area contributed by atoms with Crippen LogP contribution in [0.25, 0.3) is 10.2 Å². The number of aromatic nitrogens is 2. The van der Waals surface area contributed by atoms with E-state index in [4.69, 9.17) is 4.98 Å². The molecule has 2 aromatic rings. The summed E-state index contributed by atoms with van der Waals surface area (Å²) in [6.45, 7) is 0.916. The number of aliphatic hydroxyl groups excluding tert-OH is 1. The van der Waals surface area contributed by atoms with Gasteiger partial charge in [-0.3, -0.25) is 9.36 Å². The van der Waals surface area contributed by atoms with Crippen LogP contribution in [0.3, 0.4) is 0 Å². The van der Waals surface area contributed by atoms with E-state index < -0.39 is 0 Å². The van der Waals surface area contributed by atoms with Gasteiger partial charge in [-0.05, 0) is 50.0 Å². The normalized spacial score (nSPS) is 21.9. The molecule has 2 aliphatic rings. The largest absolute Gasteiger partial charge is 0.396 e. The third-order valence-corrected chi connectivity index (χ3v) is 6.13. The molecule has 1 atom stereocenters. The minimum absolute atomic E-state index is 0.160. The average molecular weight is 304 g/mol. The van der Waals surface area contributed by atoms with Crippen LogP contribution in [-0.2, 0) is 25.8 Å². The fourth-order valence-electron chi connectivity index (χ4n) is 3.67. The van der Waals surface area contributed by atoms with Gasteiger partial charge in [-0.1, -0.05) is 0 Å². The van der Waals surface area contributed by atoms with E-state index in [9.17, 15) is 9.90 Å². The van der Waals surface area contributed by atoms with Crippen LogP contribution in [0.5, 0.6) is 0 Å². The fraction of sp³-hybridized carbons (Fsp3) is 0.625. The van der Waals surface area contributed by atoms with E-state index in [2.05, 4.69) is 0 Å². The maximum atomic E-state index is 12.9. The number of nitrogens with zero attached hydrogens (tertiary/aromatic N) is 2. The van der Waals surface area contributed by atoms with Crippen LogP contribution in [0.4, 0.5) is 0 Å². The first-order valence-electron chi connectivity index (χ1n) is 7.92. The molecular weight excluding hydrogens is 284 g/mol. The van der Waals surface area contributed by atoms with Crippen molar-refractivity contribution in [1.82, 2.24) is 9.55 Å². The molecule has 4 rings (SSSR count). The Labute approximate surface area is 127 Å². The molecule has 1 aliphatic heterocycles. The lowest BCUT2D eigenvalue weighted by molar-refractivity contribution is 0.211. The van der Waals surface area contributed by atoms with E-state index in [1.54, 1.807) is 11.3 Å². The van der Waals surface area contributed by atoms with Crippen LogP contribution in [0, 0.1) is 5.92 Å². The Bertz CT molecular complexity index is 747. The lowest BCUT2D eigenvalue weighted by atomic mass is 9.97. The minimum Gasteiger partial charge on any atom is -0.396 e. The van der Waals surface area contributed by atoms with E-state index in [0.29, 0.717) is 12.5 Å². The number of aliphatic hydroxyl groups is 1. The number of rotatable bonds is 1. The topological polar surface area (TPSA) is 55.1 Å². The molecule has 4 nitrogen and oxygen atoms in total. The minimum atomic E-state index is 0.160. The molecule has 5 heteroatoms. The Morgan fingerprint density at radius 3 is 2.95 bits per heavy atom. The number of thiophene rings is 1. The first kappa shape index (κ1) is 13.5. The third-order valence-electron chi connectivity index (χ3n) is 4.95. The number of fused-ring (bicyclic) bond motifs is 4. The first-order chi connectivity index (χ1) is 10.3. The van der Waals surface area contributed by atoms with Crippen molar-refractivity contribution in [3.63, 3.8) is 0 Å². The Balaban J connectivity index is 1.89. The SMILES string of the molecule is O=c1c2c3c(sc2nc2n1CCC(CO)CC2)CCCC3. The Morgan fingerprint density at radius 2 is 2.10 bits per heavy atom. The zero-order chi connectivity index (χ0) is 14.4. The maximum Gasteiger partial charge on any atom is 0.262 e. The Hall–Kier alpha value is -1.20. The van der Waals surface area contributed by atoms with Crippen molar-refractivity contribution in [3.8, 4) is 0 Å². The molecule has 0 radical (unpaired) electrons. The Kier molecular flexibility index (Phi) is 3.34. The molecule has 0 fully saturated rings. The van der Waals surface area contributed by atoms with Gasteiger partial charge in [0.2, 0.25) is 0 Å². The summed E-state index contributed by atoms with van der Waals surface area (Å²) >= 11 is 1.73. The highest BCUT2D eigenvalue weighted by atomic mass is 32.1. The zero-order valence-corrected chi connectivity index (χ0v) is 12.9. The zero-order valence-electron chi connectivity index (χ0n) is 12.1. The van der Waals surface area contributed by atoms with Crippen molar-refractivity contribution in [2.45, 2.75) is 51.5 Å². The van der Waals surface area contributed by atoms with Crippen LogP contribution >= 0.6 is 11.3 Å². The number of hydrogen-bond donors (Lipinski definition) is 1. The van der Waals surface area contributed by atoms with Gasteiger partial charge < -0.3 is 5.11 Å². The van der Waals surface area contributed by atoms with Gasteiger partial charge in [0.15, 0.2) is 0 Å². The Morgan fingerprint density at radius 1 is 1.24 bits per heavy atom. The highest BCUT2D eigenvalue weighted by molar-refractivity contribution is 7.18. The molecule has 0 spiro atoms. The molecule has 2 aromatic heterocycles. The summed E-state index contributed by atoms with van der Waals surface area (Å²) < 4.78 is 1.87. The van der Waals surface area contributed by atoms with Crippen LogP contribution < -0.4 is 5.56 Å². The summed E-state index contributed by atoms with van der Waals surface area (Å²) in [7, 11) is 0. The summed E-state index contributed by atoms with van der Waals surface area (Å²) in [5.74, 6) is 1.22. The van der Waals surface area contributed by atoms with E-state index in [-0.39, 0.29) is 12.2 Å². The van der Waals surface area contributed by atoms with E-state index in [1.807, 2.05) is 4.57 Å².